The number of nitrogens with one attached hydrogen (secondary N) is 1. The summed E-state index contributed by atoms with van der Waals surface area (Å²) in [4.78, 5) is 27.3. The zero-order valence-electron chi connectivity index (χ0n) is 15.2. The fraction of sp³-hybridized carbons (Fsp3) is 0.150. The second-order valence-electron chi connectivity index (χ2n) is 5.80. The predicted molar refractivity (Wildman–Crippen MR) is 111 cm³/mol. The van der Waals surface area contributed by atoms with Crippen LogP contribution in [0.25, 0.3) is 6.08 Å². The van der Waals surface area contributed by atoms with Gasteiger partial charge in [-0.25, -0.2) is 0 Å². The third kappa shape index (κ3) is 4.94. The van der Waals surface area contributed by atoms with Gasteiger partial charge in [0, 0.05) is 17.5 Å². The van der Waals surface area contributed by atoms with Gasteiger partial charge in [-0.2, -0.15) is 4.99 Å². The molecule has 6 nitrogen and oxygen atoms in total. The van der Waals surface area contributed by atoms with E-state index in [-0.39, 0.29) is 11.1 Å². The summed E-state index contributed by atoms with van der Waals surface area (Å²) >= 11 is 7.26. The molecule has 0 aromatic heterocycles. The van der Waals surface area contributed by atoms with Crippen LogP contribution in [0, 0.1) is 0 Å². The molecular formula is C20H17ClN2O4S. The Balaban J connectivity index is 1.74. The van der Waals surface area contributed by atoms with Gasteiger partial charge in [0.2, 0.25) is 5.91 Å². The number of hydrogen-bond donors (Lipinski definition) is 1. The molecule has 2 amide bonds. The quantitative estimate of drug-likeness (QED) is 0.744. The van der Waals surface area contributed by atoms with E-state index < -0.39 is 5.91 Å². The Kier molecular flexibility index (Phi) is 6.38. The number of methoxy groups -OCH3 is 1. The average molecular weight is 417 g/mol. The molecule has 0 radical (unpaired) electrons. The van der Waals surface area contributed by atoms with Crippen LogP contribution in [0.4, 0.5) is 0 Å². The molecule has 0 spiro atoms. The zero-order chi connectivity index (χ0) is 20.1. The smallest absolute Gasteiger partial charge is 0.286 e. The normalized spacial score (nSPS) is 14.8. The Bertz CT molecular complexity index is 988. The van der Waals surface area contributed by atoms with E-state index in [9.17, 15) is 9.59 Å². The molecule has 28 heavy (non-hydrogen) atoms. The lowest BCUT2D eigenvalue weighted by molar-refractivity contribution is -0.117. The average Bonchev–Trinajstić information content (AvgIpc) is 2.99. The minimum Gasteiger partial charge on any atom is -0.493 e. The number of ether oxygens (including phenoxy) is 2. The molecule has 1 aliphatic rings. The van der Waals surface area contributed by atoms with Crippen molar-refractivity contribution in [3.05, 3.63) is 63.5 Å². The van der Waals surface area contributed by atoms with Crippen molar-refractivity contribution < 1.29 is 19.1 Å². The van der Waals surface area contributed by atoms with Gasteiger partial charge in [0.15, 0.2) is 16.7 Å². The first-order valence-corrected chi connectivity index (χ1v) is 9.50. The van der Waals surface area contributed by atoms with Crippen LogP contribution in [0.5, 0.6) is 11.5 Å². The lowest BCUT2D eigenvalue weighted by Gasteiger charge is -2.12. The van der Waals surface area contributed by atoms with E-state index in [2.05, 4.69) is 10.3 Å². The number of amidine groups is 1. The van der Waals surface area contributed by atoms with Crippen LogP contribution >= 0.6 is 23.4 Å². The van der Waals surface area contributed by atoms with Gasteiger partial charge >= 0.3 is 0 Å². The third-order valence-corrected chi connectivity index (χ3v) is 5.00. The summed E-state index contributed by atoms with van der Waals surface area (Å²) in [6.45, 7) is 1.67. The zero-order valence-corrected chi connectivity index (χ0v) is 16.8. The highest BCUT2D eigenvalue weighted by Crippen LogP contribution is 2.33. The summed E-state index contributed by atoms with van der Waals surface area (Å²) in [7, 11) is 1.54. The van der Waals surface area contributed by atoms with E-state index in [1.54, 1.807) is 31.4 Å². The molecule has 2 aromatic rings. The summed E-state index contributed by atoms with van der Waals surface area (Å²) in [5.41, 5.74) is 1.62. The molecule has 3 rings (SSSR count). The molecule has 2 aromatic carbocycles. The molecule has 1 N–H and O–H groups in total. The van der Waals surface area contributed by atoms with Gasteiger partial charge < -0.3 is 14.8 Å². The number of nitrogens with zero attached hydrogens (tertiary/aromatic N) is 1. The van der Waals surface area contributed by atoms with E-state index in [1.165, 1.54) is 6.92 Å². The maximum Gasteiger partial charge on any atom is 0.286 e. The van der Waals surface area contributed by atoms with Crippen molar-refractivity contribution in [1.29, 1.82) is 0 Å². The molecule has 1 aliphatic heterocycles. The molecule has 8 heteroatoms. The fourth-order valence-electron chi connectivity index (χ4n) is 2.43. The van der Waals surface area contributed by atoms with Crippen molar-refractivity contribution in [2.24, 2.45) is 4.99 Å². The molecule has 144 valence electrons. The number of benzene rings is 2. The lowest BCUT2D eigenvalue weighted by atomic mass is 10.2. The summed E-state index contributed by atoms with van der Waals surface area (Å²) in [6.07, 6.45) is 1.69. The molecule has 0 fully saturated rings. The summed E-state index contributed by atoms with van der Waals surface area (Å²) in [6, 6.07) is 12.8. The maximum absolute atomic E-state index is 12.0. The van der Waals surface area contributed by atoms with Crippen LogP contribution in [0.15, 0.2) is 52.4 Å². The van der Waals surface area contributed by atoms with Crippen LogP contribution in [0.3, 0.4) is 0 Å². The van der Waals surface area contributed by atoms with E-state index in [1.807, 2.05) is 24.3 Å². The fourth-order valence-corrected chi connectivity index (χ4v) is 3.48. The molecule has 0 saturated heterocycles. The first-order chi connectivity index (χ1) is 13.5. The van der Waals surface area contributed by atoms with Crippen molar-refractivity contribution in [3.8, 4) is 11.5 Å². The highest BCUT2D eigenvalue weighted by atomic mass is 35.5. The van der Waals surface area contributed by atoms with Crippen molar-refractivity contribution in [2.75, 3.05) is 7.11 Å². The Labute approximate surface area is 171 Å². The van der Waals surface area contributed by atoms with E-state index >= 15 is 0 Å². The number of aliphatic imine (C=N–C) groups is 1. The van der Waals surface area contributed by atoms with Crippen molar-refractivity contribution in [1.82, 2.24) is 5.32 Å². The van der Waals surface area contributed by atoms with Gasteiger partial charge in [0.05, 0.1) is 12.0 Å². The maximum atomic E-state index is 12.0. The Morgan fingerprint density at radius 3 is 2.75 bits per heavy atom. The van der Waals surface area contributed by atoms with Crippen LogP contribution in [-0.4, -0.2) is 24.1 Å². The second-order valence-corrected chi connectivity index (χ2v) is 7.24. The number of hydrogen-bond acceptors (Lipinski definition) is 5. The molecular weight excluding hydrogens is 400 g/mol. The van der Waals surface area contributed by atoms with Gasteiger partial charge in [-0.05, 0) is 41.6 Å². The molecule has 1 heterocycles. The van der Waals surface area contributed by atoms with Gasteiger partial charge in [-0.3, -0.25) is 9.59 Å². The predicted octanol–water partition coefficient (Wildman–Crippen LogP) is 4.03. The Morgan fingerprint density at radius 1 is 1.25 bits per heavy atom. The third-order valence-electron chi connectivity index (χ3n) is 3.73. The largest absolute Gasteiger partial charge is 0.493 e. The van der Waals surface area contributed by atoms with E-state index in [0.29, 0.717) is 28.0 Å². The van der Waals surface area contributed by atoms with Gasteiger partial charge in [-0.1, -0.05) is 35.9 Å². The van der Waals surface area contributed by atoms with Crippen molar-refractivity contribution >= 4 is 46.4 Å². The van der Waals surface area contributed by atoms with Gasteiger partial charge in [0.25, 0.3) is 5.91 Å². The van der Waals surface area contributed by atoms with Crippen LogP contribution in [0.2, 0.25) is 5.02 Å². The van der Waals surface area contributed by atoms with E-state index in [0.717, 1.165) is 22.9 Å². The summed E-state index contributed by atoms with van der Waals surface area (Å²) in [5, 5.41) is 3.42. The molecule has 0 bridgehead atoms. The molecule has 0 saturated carbocycles. The topological polar surface area (TPSA) is 77.0 Å². The highest BCUT2D eigenvalue weighted by Gasteiger charge is 2.22. The number of thioether (sulfide) groups is 1. The van der Waals surface area contributed by atoms with Crippen molar-refractivity contribution in [2.45, 2.75) is 13.5 Å². The Hall–Kier alpha value is -2.77. The number of carbonyl (C=O) groups is 2. The lowest BCUT2D eigenvalue weighted by Crippen LogP contribution is -2.23. The summed E-state index contributed by atoms with van der Waals surface area (Å²) < 4.78 is 11.2. The minimum atomic E-state index is -0.397. The van der Waals surface area contributed by atoms with Crippen molar-refractivity contribution in [3.63, 3.8) is 0 Å². The first-order valence-electron chi connectivity index (χ1n) is 8.30. The van der Waals surface area contributed by atoms with Gasteiger partial charge in [-0.15, -0.1) is 0 Å². The first kappa shape index (κ1) is 20.0. The molecule has 0 atom stereocenters. The number of rotatable bonds is 5. The number of amides is 2. The highest BCUT2D eigenvalue weighted by molar-refractivity contribution is 8.18. The standard InChI is InChI=1S/C20H17ClN2O4S/c1-12(24)22-20-23-19(25)18(28-20)10-13-7-8-16(17(9-13)26-2)27-11-14-5-3-4-6-15(14)21/h3-10H,11H2,1-2H3,(H,22,23,24,25)/b18-10-. The number of halogens is 1. The van der Waals surface area contributed by atoms with Crippen LogP contribution < -0.4 is 14.8 Å². The molecule has 0 unspecified atom stereocenters. The second kappa shape index (κ2) is 8.95. The van der Waals surface area contributed by atoms with Crippen LogP contribution in [-0.2, 0) is 16.2 Å². The van der Waals surface area contributed by atoms with E-state index in [4.69, 9.17) is 21.1 Å². The van der Waals surface area contributed by atoms with Gasteiger partial charge in [0.1, 0.15) is 6.61 Å². The monoisotopic (exact) mass is 416 g/mol. The number of carbonyl (C=O) groups excluding carboxylic acids is 2. The Morgan fingerprint density at radius 2 is 2.04 bits per heavy atom. The summed E-state index contributed by atoms with van der Waals surface area (Å²) in [5.74, 6) is 0.416. The molecule has 0 aliphatic carbocycles. The minimum absolute atomic E-state index is 0.274. The van der Waals surface area contributed by atoms with Crippen LogP contribution in [0.1, 0.15) is 18.1 Å². The SMILES string of the molecule is COc1cc(/C=C2\SC(NC(C)=O)=NC2=O)ccc1OCc1ccccc1Cl.